The van der Waals surface area contributed by atoms with Crippen molar-refractivity contribution in [1.82, 2.24) is 15.0 Å². The molecule has 0 N–H and O–H groups in total. The van der Waals surface area contributed by atoms with Gasteiger partial charge in [-0.1, -0.05) is 159 Å². The van der Waals surface area contributed by atoms with Gasteiger partial charge in [-0.25, -0.2) is 15.0 Å². The van der Waals surface area contributed by atoms with Crippen LogP contribution in [0, 0.1) is 0 Å². The Morgan fingerprint density at radius 2 is 0.854 bits per heavy atom. The summed E-state index contributed by atoms with van der Waals surface area (Å²) in [6.07, 6.45) is 1.74. The van der Waals surface area contributed by atoms with Crippen LogP contribution in [0.5, 0.6) is 0 Å². The molecule has 0 radical (unpaired) electrons. The molecule has 1 spiro atoms. The van der Waals surface area contributed by atoms with Crippen molar-refractivity contribution >= 4 is 0 Å². The molecule has 230 valence electrons. The summed E-state index contributed by atoms with van der Waals surface area (Å²) in [7, 11) is 0. The lowest BCUT2D eigenvalue weighted by molar-refractivity contribution is 0.353. The lowest BCUT2D eigenvalue weighted by Crippen LogP contribution is -2.28. The van der Waals surface area contributed by atoms with Crippen LogP contribution in [0.15, 0.2) is 152 Å². The fourth-order valence-electron chi connectivity index (χ4n) is 7.65. The highest BCUT2D eigenvalue weighted by Gasteiger charge is 2.43. The highest BCUT2D eigenvalue weighted by molar-refractivity contribution is 5.85. The number of nitrogens with zero attached hydrogens (tertiary/aromatic N) is 3. The quantitative estimate of drug-likeness (QED) is 0.192. The molecule has 1 heterocycles. The van der Waals surface area contributed by atoms with Crippen LogP contribution in [0.3, 0.4) is 0 Å². The minimum absolute atomic E-state index is 0.128. The summed E-state index contributed by atoms with van der Waals surface area (Å²) in [6.45, 7) is 0. The largest absolute Gasteiger partial charge is 0.208 e. The standard InChI is InChI=1S/C45H35N3/c1-4-13-32(14-5-1)42-46-43(33-15-6-2-7-16-33)48-44(47-42)34-23-21-31(22-24-34)35-17-12-18-36(29-35)37-25-26-39-38-19-8-9-20-40(38)45(41(39)30-37)27-10-3-11-28-45/h1-2,4-9,12-26,29-30H,3,10-11,27-28H2/i3D2. The van der Waals surface area contributed by atoms with Gasteiger partial charge in [-0.05, 0) is 69.5 Å². The molecule has 3 nitrogen and oxygen atoms in total. The topological polar surface area (TPSA) is 38.7 Å². The van der Waals surface area contributed by atoms with E-state index in [0.29, 0.717) is 30.3 Å². The van der Waals surface area contributed by atoms with Gasteiger partial charge in [-0.2, -0.15) is 0 Å². The maximum atomic E-state index is 8.43. The third-order valence-electron chi connectivity index (χ3n) is 10.1. The van der Waals surface area contributed by atoms with E-state index in [4.69, 9.17) is 17.7 Å². The SMILES string of the molecule is [2H]C1([2H])CCC2(CC1)c1ccccc1-c1ccc(-c3cccc(-c4ccc(-c5nc(-c6ccccc6)nc(-c6ccccc6)n5)cc4)c3)cc12. The zero-order valence-electron chi connectivity index (χ0n) is 28.6. The van der Waals surface area contributed by atoms with Crippen LogP contribution in [-0.4, -0.2) is 15.0 Å². The molecule has 1 saturated carbocycles. The van der Waals surface area contributed by atoms with Crippen LogP contribution in [0.2, 0.25) is 0 Å². The molecule has 1 fully saturated rings. The Morgan fingerprint density at radius 1 is 0.396 bits per heavy atom. The van der Waals surface area contributed by atoms with E-state index in [1.165, 1.54) is 33.4 Å². The summed E-state index contributed by atoms with van der Waals surface area (Å²) >= 11 is 0. The highest BCUT2D eigenvalue weighted by atomic mass is 15.0. The molecule has 48 heavy (non-hydrogen) atoms. The second-order valence-electron chi connectivity index (χ2n) is 12.8. The second kappa shape index (κ2) is 11.8. The van der Waals surface area contributed by atoms with Crippen LogP contribution in [0.4, 0.5) is 0 Å². The van der Waals surface area contributed by atoms with E-state index in [0.717, 1.165) is 40.7 Å². The summed E-state index contributed by atoms with van der Waals surface area (Å²) in [6, 6.07) is 53.0. The number of hydrogen-bond acceptors (Lipinski definition) is 3. The van der Waals surface area contributed by atoms with Crippen LogP contribution in [-0.2, 0) is 5.41 Å². The summed E-state index contributed by atoms with van der Waals surface area (Å²) in [5.74, 6) is 1.94. The molecule has 6 aromatic carbocycles. The molecule has 7 aromatic rings. The van der Waals surface area contributed by atoms with Gasteiger partial charge in [0.15, 0.2) is 17.5 Å². The molecule has 0 atom stereocenters. The molecule has 2 aliphatic rings. The Balaban J connectivity index is 1.05. The van der Waals surface area contributed by atoms with Crippen LogP contribution in [0.1, 0.15) is 45.9 Å². The molecule has 9 rings (SSSR count). The zero-order chi connectivity index (χ0) is 33.7. The normalized spacial score (nSPS) is 16.1. The molecule has 0 bridgehead atoms. The minimum atomic E-state index is -1.09. The van der Waals surface area contributed by atoms with Gasteiger partial charge in [-0.3, -0.25) is 0 Å². The lowest BCUT2D eigenvalue weighted by Gasteiger charge is -2.36. The van der Waals surface area contributed by atoms with E-state index in [1.807, 2.05) is 60.7 Å². The number of rotatable bonds is 5. The zero-order valence-corrected chi connectivity index (χ0v) is 26.6. The van der Waals surface area contributed by atoms with Gasteiger partial charge in [0.05, 0.1) is 0 Å². The molecule has 3 heteroatoms. The molecule has 0 amide bonds. The third-order valence-corrected chi connectivity index (χ3v) is 10.1. The Hall–Kier alpha value is -5.67. The number of benzene rings is 6. The van der Waals surface area contributed by atoms with Gasteiger partial charge in [0, 0.05) is 24.8 Å². The molecule has 0 aliphatic heterocycles. The van der Waals surface area contributed by atoms with E-state index in [1.54, 1.807) is 0 Å². The van der Waals surface area contributed by atoms with Crippen LogP contribution < -0.4 is 0 Å². The first-order valence-electron chi connectivity index (χ1n) is 17.8. The second-order valence-corrected chi connectivity index (χ2v) is 12.8. The first-order valence-corrected chi connectivity index (χ1v) is 16.8. The van der Waals surface area contributed by atoms with Crippen molar-refractivity contribution < 1.29 is 2.74 Å². The Labute approximate surface area is 284 Å². The predicted molar refractivity (Wildman–Crippen MR) is 196 cm³/mol. The van der Waals surface area contributed by atoms with E-state index in [2.05, 4.69) is 91.0 Å². The summed E-state index contributed by atoms with van der Waals surface area (Å²) in [5, 5.41) is 0. The van der Waals surface area contributed by atoms with Crippen LogP contribution >= 0.6 is 0 Å². The van der Waals surface area contributed by atoms with Crippen molar-refractivity contribution in [1.29, 1.82) is 0 Å². The Bertz CT molecular complexity index is 2280. The number of hydrogen-bond donors (Lipinski definition) is 0. The maximum Gasteiger partial charge on any atom is 0.164 e. The van der Waals surface area contributed by atoms with Crippen molar-refractivity contribution in [3.8, 4) is 67.5 Å². The van der Waals surface area contributed by atoms with Gasteiger partial charge in [0.1, 0.15) is 0 Å². The van der Waals surface area contributed by atoms with Gasteiger partial charge >= 0.3 is 0 Å². The van der Waals surface area contributed by atoms with Gasteiger partial charge < -0.3 is 0 Å². The van der Waals surface area contributed by atoms with E-state index in [9.17, 15) is 0 Å². The van der Waals surface area contributed by atoms with Crippen molar-refractivity contribution in [2.75, 3.05) is 0 Å². The molecule has 0 unspecified atom stereocenters. The fraction of sp³-hybridized carbons (Fsp3) is 0.133. The van der Waals surface area contributed by atoms with Crippen molar-refractivity contribution in [2.45, 2.75) is 37.5 Å². The van der Waals surface area contributed by atoms with Crippen molar-refractivity contribution in [3.63, 3.8) is 0 Å². The molecule has 2 aliphatic carbocycles. The lowest BCUT2D eigenvalue weighted by atomic mass is 9.67. The first-order chi connectivity index (χ1) is 24.5. The van der Waals surface area contributed by atoms with Gasteiger partial charge in [-0.15, -0.1) is 0 Å². The van der Waals surface area contributed by atoms with Crippen molar-refractivity contribution in [3.05, 3.63) is 163 Å². The first kappa shape index (κ1) is 26.4. The number of fused-ring (bicyclic) bond motifs is 5. The monoisotopic (exact) mass is 619 g/mol. The summed E-state index contributed by atoms with van der Waals surface area (Å²) in [4.78, 5) is 14.6. The Morgan fingerprint density at radius 3 is 1.50 bits per heavy atom. The van der Waals surface area contributed by atoms with E-state index in [-0.39, 0.29) is 5.41 Å². The average molecular weight is 620 g/mol. The maximum absolute atomic E-state index is 8.43. The third kappa shape index (κ3) is 4.94. The summed E-state index contributed by atoms with van der Waals surface area (Å²) < 4.78 is 16.9. The van der Waals surface area contributed by atoms with Gasteiger partial charge in [0.2, 0.25) is 0 Å². The minimum Gasteiger partial charge on any atom is -0.208 e. The highest BCUT2D eigenvalue weighted by Crippen LogP contribution is 2.56. The summed E-state index contributed by atoms with van der Waals surface area (Å²) in [5.41, 5.74) is 12.6. The molecule has 1 aromatic heterocycles. The van der Waals surface area contributed by atoms with Crippen molar-refractivity contribution in [2.24, 2.45) is 0 Å². The van der Waals surface area contributed by atoms with Gasteiger partial charge in [0.25, 0.3) is 0 Å². The van der Waals surface area contributed by atoms with Crippen LogP contribution in [0.25, 0.3) is 67.5 Å². The van der Waals surface area contributed by atoms with E-state index >= 15 is 0 Å². The molecular formula is C45H35N3. The smallest absolute Gasteiger partial charge is 0.164 e. The predicted octanol–water partition coefficient (Wildman–Crippen LogP) is 11.4. The molecule has 0 saturated heterocycles. The number of aromatic nitrogens is 3. The van der Waals surface area contributed by atoms with E-state index < -0.39 is 6.37 Å². The average Bonchev–Trinajstić information content (AvgIpc) is 3.45. The molecular weight excluding hydrogens is 583 g/mol. The fourth-order valence-corrected chi connectivity index (χ4v) is 7.65. The Kier molecular flexibility index (Phi) is 6.52.